The normalized spacial score (nSPS) is 21.0. The number of methoxy groups -OCH3 is 3. The van der Waals surface area contributed by atoms with Gasteiger partial charge in [0.15, 0.2) is 16.9 Å². The van der Waals surface area contributed by atoms with Crippen LogP contribution < -0.4 is 25.0 Å². The summed E-state index contributed by atoms with van der Waals surface area (Å²) in [5.74, 6) is 2.20. The Labute approximate surface area is 192 Å². The number of nitrogens with one attached hydrogen (secondary N) is 1. The van der Waals surface area contributed by atoms with E-state index >= 15 is 0 Å². The quantitative estimate of drug-likeness (QED) is 0.658. The molecule has 3 atom stereocenters. The van der Waals surface area contributed by atoms with E-state index in [1.807, 2.05) is 24.5 Å². The zero-order valence-electron chi connectivity index (χ0n) is 19.1. The highest BCUT2D eigenvalue weighted by atomic mass is 32.2. The molecule has 1 N–H and O–H groups in total. The van der Waals surface area contributed by atoms with Crippen LogP contribution in [-0.4, -0.2) is 33.5 Å². The molecule has 170 valence electrons. The number of hydrogen-bond donors (Lipinski definition) is 1. The van der Waals surface area contributed by atoms with Gasteiger partial charge in [-0.3, -0.25) is 9.59 Å². The molecule has 6 nitrogen and oxygen atoms in total. The average molecular weight is 456 g/mol. The van der Waals surface area contributed by atoms with E-state index in [0.717, 1.165) is 28.7 Å². The Hall–Kier alpha value is -2.67. The van der Waals surface area contributed by atoms with Crippen molar-refractivity contribution in [3.63, 3.8) is 0 Å². The van der Waals surface area contributed by atoms with E-state index in [9.17, 15) is 9.59 Å². The van der Waals surface area contributed by atoms with Gasteiger partial charge in [0.1, 0.15) is 0 Å². The minimum absolute atomic E-state index is 0.0549. The zero-order valence-corrected chi connectivity index (χ0v) is 19.9. The Balaban J connectivity index is 1.95. The lowest BCUT2D eigenvalue weighted by Gasteiger charge is -2.20. The summed E-state index contributed by atoms with van der Waals surface area (Å²) in [5.41, 5.74) is 3.52. The summed E-state index contributed by atoms with van der Waals surface area (Å²) in [5, 5.41) is 3.23. The second-order valence-corrected chi connectivity index (χ2v) is 9.23. The number of benzene rings is 1. The van der Waals surface area contributed by atoms with Gasteiger partial charge in [0, 0.05) is 11.5 Å². The lowest BCUT2D eigenvalue weighted by atomic mass is 9.95. The summed E-state index contributed by atoms with van der Waals surface area (Å²) < 4.78 is 17.0. The summed E-state index contributed by atoms with van der Waals surface area (Å²) in [6.07, 6.45) is 4.17. The van der Waals surface area contributed by atoms with Crippen LogP contribution in [0.5, 0.6) is 17.2 Å². The number of carbonyl (C=O) groups excluding carboxylic acids is 1. The van der Waals surface area contributed by atoms with E-state index in [0.29, 0.717) is 40.9 Å². The maximum absolute atomic E-state index is 12.9. The Morgan fingerprint density at radius 1 is 1.09 bits per heavy atom. The van der Waals surface area contributed by atoms with Crippen molar-refractivity contribution in [3.8, 4) is 28.4 Å². The highest BCUT2D eigenvalue weighted by Gasteiger charge is 2.40. The number of ether oxygens (including phenoxy) is 3. The van der Waals surface area contributed by atoms with Crippen LogP contribution in [0.25, 0.3) is 11.1 Å². The van der Waals surface area contributed by atoms with Gasteiger partial charge in [-0.25, -0.2) is 0 Å². The molecule has 7 heteroatoms. The standard InChI is InChI=1S/C25H29NO5S/c1-13-10-16(13)25(28)26-18-8-6-14-11-20(29-2)23(30-3)24(31-4)22(14)15-7-9-21(32-5)19(27)12-17(15)18/h7,9,11-13,16,18H,6,8,10H2,1-5H3,(H,26,28)/t13?,16?,18-/m1/s1. The van der Waals surface area contributed by atoms with Crippen molar-refractivity contribution in [2.75, 3.05) is 27.6 Å². The average Bonchev–Trinajstić information content (AvgIpc) is 3.57. The monoisotopic (exact) mass is 455 g/mol. The minimum Gasteiger partial charge on any atom is -0.493 e. The lowest BCUT2D eigenvalue weighted by molar-refractivity contribution is -0.123. The number of fused-ring (bicyclic) bond motifs is 3. The van der Waals surface area contributed by atoms with Gasteiger partial charge in [0.2, 0.25) is 11.7 Å². The Morgan fingerprint density at radius 3 is 2.41 bits per heavy atom. The fraction of sp³-hybridized carbons (Fsp3) is 0.440. The fourth-order valence-corrected chi connectivity index (χ4v) is 5.05. The van der Waals surface area contributed by atoms with E-state index in [-0.39, 0.29) is 23.3 Å². The number of carbonyl (C=O) groups is 1. The molecule has 1 saturated carbocycles. The molecule has 0 heterocycles. The molecule has 2 unspecified atom stereocenters. The van der Waals surface area contributed by atoms with Crippen LogP contribution >= 0.6 is 11.8 Å². The molecule has 2 aliphatic carbocycles. The topological polar surface area (TPSA) is 73.9 Å². The van der Waals surface area contributed by atoms with Crippen molar-refractivity contribution in [2.45, 2.75) is 37.1 Å². The molecule has 0 aliphatic heterocycles. The van der Waals surface area contributed by atoms with E-state index in [1.54, 1.807) is 27.4 Å². The molecular weight excluding hydrogens is 426 g/mol. The molecule has 1 amide bonds. The van der Waals surface area contributed by atoms with Crippen molar-refractivity contribution in [1.29, 1.82) is 0 Å². The maximum atomic E-state index is 12.9. The van der Waals surface area contributed by atoms with Crippen molar-refractivity contribution < 1.29 is 19.0 Å². The molecule has 4 rings (SSSR count). The van der Waals surface area contributed by atoms with Gasteiger partial charge >= 0.3 is 0 Å². The molecule has 2 aromatic rings. The Morgan fingerprint density at radius 2 is 1.81 bits per heavy atom. The second-order valence-electron chi connectivity index (χ2n) is 8.38. The lowest BCUT2D eigenvalue weighted by Crippen LogP contribution is -2.30. The predicted octanol–water partition coefficient (Wildman–Crippen LogP) is 4.22. The van der Waals surface area contributed by atoms with Gasteiger partial charge in [0.05, 0.1) is 32.3 Å². The first-order valence-electron chi connectivity index (χ1n) is 10.8. The first-order chi connectivity index (χ1) is 15.4. The van der Waals surface area contributed by atoms with Crippen molar-refractivity contribution in [1.82, 2.24) is 5.32 Å². The summed E-state index contributed by atoms with van der Waals surface area (Å²) >= 11 is 1.41. The van der Waals surface area contributed by atoms with Gasteiger partial charge in [-0.05, 0) is 66.3 Å². The molecule has 0 spiro atoms. The van der Waals surface area contributed by atoms with Crippen LogP contribution in [0.1, 0.15) is 36.9 Å². The Bertz CT molecular complexity index is 1120. The molecule has 2 aromatic carbocycles. The third-order valence-corrected chi connectivity index (χ3v) is 7.26. The number of hydrogen-bond acceptors (Lipinski definition) is 6. The number of amides is 1. The number of thioether (sulfide) groups is 1. The fourth-order valence-electron chi connectivity index (χ4n) is 4.58. The number of rotatable bonds is 6. The van der Waals surface area contributed by atoms with Crippen LogP contribution in [0.2, 0.25) is 0 Å². The van der Waals surface area contributed by atoms with Crippen LogP contribution in [0.15, 0.2) is 34.0 Å². The largest absolute Gasteiger partial charge is 0.493 e. The third kappa shape index (κ3) is 3.94. The van der Waals surface area contributed by atoms with Gasteiger partial charge in [-0.2, -0.15) is 0 Å². The molecule has 2 aliphatic rings. The highest BCUT2D eigenvalue weighted by molar-refractivity contribution is 7.98. The van der Waals surface area contributed by atoms with Gasteiger partial charge in [-0.15, -0.1) is 11.8 Å². The Kier molecular flexibility index (Phi) is 6.38. The van der Waals surface area contributed by atoms with Gasteiger partial charge in [-0.1, -0.05) is 13.0 Å². The molecule has 32 heavy (non-hydrogen) atoms. The van der Waals surface area contributed by atoms with E-state index < -0.39 is 0 Å². The van der Waals surface area contributed by atoms with Gasteiger partial charge in [0.25, 0.3) is 0 Å². The summed E-state index contributed by atoms with van der Waals surface area (Å²) in [4.78, 5) is 26.4. The van der Waals surface area contributed by atoms with Crippen LogP contribution in [-0.2, 0) is 11.2 Å². The number of aryl methyl sites for hydroxylation is 1. The van der Waals surface area contributed by atoms with Crippen molar-refractivity contribution in [2.24, 2.45) is 11.8 Å². The predicted molar refractivity (Wildman–Crippen MR) is 126 cm³/mol. The first kappa shape index (κ1) is 22.5. The maximum Gasteiger partial charge on any atom is 0.223 e. The van der Waals surface area contributed by atoms with E-state index in [4.69, 9.17) is 14.2 Å². The van der Waals surface area contributed by atoms with Crippen LogP contribution in [0, 0.1) is 11.8 Å². The van der Waals surface area contributed by atoms with Crippen molar-refractivity contribution in [3.05, 3.63) is 45.6 Å². The molecule has 0 radical (unpaired) electrons. The molecule has 1 fully saturated rings. The minimum atomic E-state index is -0.269. The zero-order chi connectivity index (χ0) is 23.0. The highest BCUT2D eigenvalue weighted by Crippen LogP contribution is 2.50. The van der Waals surface area contributed by atoms with E-state index in [1.165, 1.54) is 11.8 Å². The molecule has 0 aromatic heterocycles. The van der Waals surface area contributed by atoms with Gasteiger partial charge < -0.3 is 19.5 Å². The molecule has 0 saturated heterocycles. The van der Waals surface area contributed by atoms with Crippen LogP contribution in [0.4, 0.5) is 0 Å². The van der Waals surface area contributed by atoms with Crippen LogP contribution in [0.3, 0.4) is 0 Å². The summed E-state index contributed by atoms with van der Waals surface area (Å²) in [6, 6.07) is 7.18. The van der Waals surface area contributed by atoms with Crippen molar-refractivity contribution >= 4 is 17.7 Å². The molecular formula is C25H29NO5S. The summed E-state index contributed by atoms with van der Waals surface area (Å²) in [6.45, 7) is 2.09. The summed E-state index contributed by atoms with van der Waals surface area (Å²) in [7, 11) is 4.78. The van der Waals surface area contributed by atoms with E-state index in [2.05, 4.69) is 12.2 Å². The first-order valence-corrected chi connectivity index (χ1v) is 12.0. The molecule has 0 bridgehead atoms. The second kappa shape index (κ2) is 9.06. The smallest absolute Gasteiger partial charge is 0.223 e. The third-order valence-electron chi connectivity index (χ3n) is 6.48. The SMILES string of the molecule is COc1cc2c(c(OC)c1OC)-c1ccc(SC)c(=O)cc1[C@H](NC(=O)C1CC1C)CC2.